The Labute approximate surface area is 330 Å². The van der Waals surface area contributed by atoms with Crippen molar-refractivity contribution in [2.45, 2.75) is 161 Å². The summed E-state index contributed by atoms with van der Waals surface area (Å²) in [5.74, 6) is -1.81. The molecule has 2 atom stereocenters. The monoisotopic (exact) mass is 756 g/mol. The summed E-state index contributed by atoms with van der Waals surface area (Å²) in [4.78, 5) is 36.8. The minimum atomic E-state index is -1.14. The highest BCUT2D eigenvalue weighted by Gasteiger charge is 2.25. The van der Waals surface area contributed by atoms with Gasteiger partial charge in [0.2, 0.25) is 0 Å². The molecule has 0 N–H and O–H groups in total. The Bertz CT molecular complexity index is 1110. The summed E-state index contributed by atoms with van der Waals surface area (Å²) in [7, 11) is 5.38. The number of aliphatic carboxylic acids is 1. The number of unbranched alkanes of at least 4 members (excludes halogenated alkanes) is 13. The van der Waals surface area contributed by atoms with Crippen molar-refractivity contribution in [2.75, 3.05) is 41.0 Å². The number of rotatable bonds is 36. The SMILES string of the molecule is CC/C=C/C=C/C=C/C=C/CCCCCC(=O)OC(COCCC(C(=O)[O-])[N+](C)(C)C)COC(=O)CCCCCCCCC/C=C/C/C=C/CCCCC. The summed E-state index contributed by atoms with van der Waals surface area (Å²) in [6.07, 6.45) is 45.0. The maximum atomic E-state index is 12.7. The van der Waals surface area contributed by atoms with Gasteiger partial charge >= 0.3 is 11.9 Å². The second-order valence-electron chi connectivity index (χ2n) is 14.9. The summed E-state index contributed by atoms with van der Waals surface area (Å²) in [6, 6.07) is -0.737. The zero-order chi connectivity index (χ0) is 40.0. The number of carbonyl (C=O) groups is 3. The minimum Gasteiger partial charge on any atom is -0.544 e. The first kappa shape index (κ1) is 50.8. The van der Waals surface area contributed by atoms with E-state index in [-0.39, 0.29) is 49.1 Å². The van der Waals surface area contributed by atoms with Crippen molar-refractivity contribution in [1.82, 2.24) is 0 Å². The molecule has 0 rings (SSSR count). The molecule has 0 aromatic rings. The number of hydrogen-bond acceptors (Lipinski definition) is 7. The van der Waals surface area contributed by atoms with Crippen molar-refractivity contribution < 1.29 is 38.2 Å². The normalized spacial score (nSPS) is 13.7. The van der Waals surface area contributed by atoms with E-state index < -0.39 is 18.1 Å². The van der Waals surface area contributed by atoms with Crippen LogP contribution in [0.1, 0.15) is 149 Å². The molecule has 0 aliphatic rings. The first-order valence-electron chi connectivity index (χ1n) is 21.0. The zero-order valence-corrected chi connectivity index (χ0v) is 34.9. The summed E-state index contributed by atoms with van der Waals surface area (Å²) in [5.41, 5.74) is 0. The number of hydrogen-bond donors (Lipinski definition) is 0. The topological polar surface area (TPSA) is 102 Å². The lowest BCUT2D eigenvalue weighted by Crippen LogP contribution is -2.55. The third-order valence-corrected chi connectivity index (χ3v) is 8.92. The van der Waals surface area contributed by atoms with Crippen molar-refractivity contribution in [3.05, 3.63) is 72.9 Å². The van der Waals surface area contributed by atoms with Gasteiger partial charge in [-0.15, -0.1) is 0 Å². The van der Waals surface area contributed by atoms with E-state index in [4.69, 9.17) is 14.2 Å². The number of quaternary nitrogens is 1. The molecule has 0 aromatic heterocycles. The van der Waals surface area contributed by atoms with E-state index >= 15 is 0 Å². The molecule has 308 valence electrons. The van der Waals surface area contributed by atoms with E-state index in [1.807, 2.05) is 36.5 Å². The van der Waals surface area contributed by atoms with Crippen LogP contribution in [0.25, 0.3) is 0 Å². The number of allylic oxidation sites excluding steroid dienone is 12. The first-order chi connectivity index (χ1) is 26.1. The van der Waals surface area contributed by atoms with Crippen LogP contribution in [0.2, 0.25) is 0 Å². The molecular weight excluding hydrogens is 679 g/mol. The van der Waals surface area contributed by atoms with Crippen LogP contribution in [0.4, 0.5) is 0 Å². The van der Waals surface area contributed by atoms with E-state index in [0.717, 1.165) is 57.8 Å². The molecule has 0 fully saturated rings. The Morgan fingerprint density at radius 3 is 1.70 bits per heavy atom. The van der Waals surface area contributed by atoms with Crippen LogP contribution in [0.15, 0.2) is 72.9 Å². The average Bonchev–Trinajstić information content (AvgIpc) is 3.12. The van der Waals surface area contributed by atoms with Gasteiger partial charge in [-0.05, 0) is 64.2 Å². The molecule has 0 amide bonds. The maximum Gasteiger partial charge on any atom is 0.306 e. The molecule has 2 unspecified atom stereocenters. The predicted molar refractivity (Wildman–Crippen MR) is 222 cm³/mol. The van der Waals surface area contributed by atoms with Crippen LogP contribution in [0.3, 0.4) is 0 Å². The fourth-order valence-electron chi connectivity index (χ4n) is 5.64. The molecule has 0 aliphatic carbocycles. The van der Waals surface area contributed by atoms with E-state index in [1.54, 1.807) is 21.1 Å². The summed E-state index contributed by atoms with van der Waals surface area (Å²) in [5, 5.41) is 11.6. The molecule has 8 nitrogen and oxygen atoms in total. The predicted octanol–water partition coefficient (Wildman–Crippen LogP) is 9.85. The van der Waals surface area contributed by atoms with Crippen molar-refractivity contribution in [2.24, 2.45) is 0 Å². The molecule has 0 saturated heterocycles. The van der Waals surface area contributed by atoms with E-state index in [9.17, 15) is 19.5 Å². The van der Waals surface area contributed by atoms with Gasteiger partial charge in [-0.25, -0.2) is 0 Å². The van der Waals surface area contributed by atoms with Gasteiger partial charge < -0.3 is 28.6 Å². The summed E-state index contributed by atoms with van der Waals surface area (Å²) >= 11 is 0. The third kappa shape index (κ3) is 34.5. The van der Waals surface area contributed by atoms with Gasteiger partial charge in [0, 0.05) is 19.3 Å². The lowest BCUT2D eigenvalue weighted by Gasteiger charge is -2.34. The molecule has 0 heterocycles. The zero-order valence-electron chi connectivity index (χ0n) is 34.9. The Hall–Kier alpha value is -3.23. The van der Waals surface area contributed by atoms with Crippen LogP contribution in [-0.2, 0) is 28.6 Å². The molecular formula is C46H77NO7. The highest BCUT2D eigenvalue weighted by atomic mass is 16.6. The second kappa shape index (κ2) is 36.7. The quantitative estimate of drug-likeness (QED) is 0.0206. The lowest BCUT2D eigenvalue weighted by molar-refractivity contribution is -0.889. The van der Waals surface area contributed by atoms with Crippen molar-refractivity contribution in [1.29, 1.82) is 0 Å². The van der Waals surface area contributed by atoms with Crippen molar-refractivity contribution in [3.63, 3.8) is 0 Å². The highest BCUT2D eigenvalue weighted by molar-refractivity contribution is 5.70. The molecule has 0 spiro atoms. The Balaban J connectivity index is 4.44. The van der Waals surface area contributed by atoms with Crippen LogP contribution < -0.4 is 5.11 Å². The number of carboxylic acids is 1. The van der Waals surface area contributed by atoms with Gasteiger partial charge in [0.1, 0.15) is 12.6 Å². The molecule has 0 aliphatic heterocycles. The van der Waals surface area contributed by atoms with E-state index in [1.165, 1.54) is 51.4 Å². The van der Waals surface area contributed by atoms with Gasteiger partial charge in [0.25, 0.3) is 0 Å². The van der Waals surface area contributed by atoms with Crippen LogP contribution in [-0.4, -0.2) is 75.5 Å². The number of ether oxygens (including phenoxy) is 3. The van der Waals surface area contributed by atoms with Crippen molar-refractivity contribution >= 4 is 17.9 Å². The molecule has 8 heteroatoms. The largest absolute Gasteiger partial charge is 0.544 e. The second-order valence-corrected chi connectivity index (χ2v) is 14.9. The highest BCUT2D eigenvalue weighted by Crippen LogP contribution is 2.13. The molecule has 0 saturated carbocycles. The number of esters is 2. The molecule has 0 radical (unpaired) electrons. The van der Waals surface area contributed by atoms with E-state index in [0.29, 0.717) is 12.8 Å². The summed E-state index contributed by atoms with van der Waals surface area (Å²) in [6.45, 7) is 4.42. The average molecular weight is 756 g/mol. The Morgan fingerprint density at radius 1 is 0.593 bits per heavy atom. The Kier molecular flexibility index (Phi) is 34.5. The van der Waals surface area contributed by atoms with Gasteiger partial charge in [-0.3, -0.25) is 9.59 Å². The molecule has 0 aromatic carbocycles. The first-order valence-corrected chi connectivity index (χ1v) is 21.0. The number of carboxylic acid groups (broad SMARTS) is 1. The fraction of sp³-hybridized carbons (Fsp3) is 0.674. The lowest BCUT2D eigenvalue weighted by atomic mass is 10.1. The van der Waals surface area contributed by atoms with Crippen LogP contribution >= 0.6 is 0 Å². The maximum absolute atomic E-state index is 12.7. The molecule has 54 heavy (non-hydrogen) atoms. The smallest absolute Gasteiger partial charge is 0.306 e. The Morgan fingerprint density at radius 2 is 1.11 bits per heavy atom. The van der Waals surface area contributed by atoms with Gasteiger partial charge in [-0.2, -0.15) is 0 Å². The summed E-state index contributed by atoms with van der Waals surface area (Å²) < 4.78 is 17.1. The number of likely N-dealkylation sites (N-methyl/N-ethyl adjacent to an activating group) is 1. The standard InChI is InChI=1S/C46H77NO7/c1-6-8-10-12-14-16-18-20-21-22-23-25-26-28-30-32-34-36-44(48)53-41-42(40-52-39-38-43(46(50)51)47(3,4)5)54-45(49)37-35-33-31-29-27-24-19-17-15-13-11-9-7-2/h9,11,13-17,19-21,24,27,42-43H,6-8,10,12,18,22-23,25-26,28-41H2,1-5H3/b11-9+,15-13+,16-14+,19-17+,21-20+,27-24+. The van der Waals surface area contributed by atoms with Gasteiger partial charge in [0.15, 0.2) is 6.10 Å². The minimum absolute atomic E-state index is 0.0181. The van der Waals surface area contributed by atoms with Gasteiger partial charge in [-0.1, -0.05) is 138 Å². The van der Waals surface area contributed by atoms with E-state index in [2.05, 4.69) is 50.3 Å². The number of carbonyl (C=O) groups excluding carboxylic acids is 3. The van der Waals surface area contributed by atoms with Gasteiger partial charge in [0.05, 0.1) is 40.3 Å². The van der Waals surface area contributed by atoms with Crippen molar-refractivity contribution in [3.8, 4) is 0 Å². The molecule has 0 bridgehead atoms. The fourth-order valence-corrected chi connectivity index (χ4v) is 5.64. The third-order valence-electron chi connectivity index (χ3n) is 8.92. The number of nitrogens with zero attached hydrogens (tertiary/aromatic N) is 1. The van der Waals surface area contributed by atoms with Crippen LogP contribution in [0, 0.1) is 0 Å². The van der Waals surface area contributed by atoms with Crippen LogP contribution in [0.5, 0.6) is 0 Å².